The maximum Gasteiger partial charge on any atom is 0.343 e. The van der Waals surface area contributed by atoms with Crippen molar-refractivity contribution in [1.82, 2.24) is 9.78 Å². The molecule has 0 saturated carbocycles. The zero-order valence-electron chi connectivity index (χ0n) is 9.51. The number of alkyl halides is 1. The molecule has 1 aromatic heterocycles. The average molecular weight is 302 g/mol. The van der Waals surface area contributed by atoms with Gasteiger partial charge in [-0.2, -0.15) is 5.10 Å². The van der Waals surface area contributed by atoms with E-state index in [0.29, 0.717) is 24.3 Å². The summed E-state index contributed by atoms with van der Waals surface area (Å²) in [7, 11) is 2.99. The molecule has 7 heteroatoms. The fourth-order valence-electron chi connectivity index (χ4n) is 1.87. The lowest BCUT2D eigenvalue weighted by Crippen LogP contribution is -2.28. The molecule has 1 aliphatic heterocycles. The highest BCUT2D eigenvalue weighted by atomic mass is 79.9. The number of rotatable bonds is 2. The Morgan fingerprint density at radius 3 is 2.88 bits per heavy atom. The van der Waals surface area contributed by atoms with E-state index < -0.39 is 5.97 Å². The quantitative estimate of drug-likeness (QED) is 0.596. The minimum Gasteiger partial charge on any atom is -0.465 e. The van der Waals surface area contributed by atoms with Crippen molar-refractivity contribution < 1.29 is 14.3 Å². The van der Waals surface area contributed by atoms with Gasteiger partial charge in [-0.1, -0.05) is 15.9 Å². The molecule has 1 amide bonds. The van der Waals surface area contributed by atoms with Gasteiger partial charge in [0, 0.05) is 24.8 Å². The molecule has 2 heterocycles. The minimum absolute atomic E-state index is 0.0272. The molecule has 0 radical (unpaired) electrons. The number of nitrogens with zero attached hydrogens (tertiary/aromatic N) is 3. The van der Waals surface area contributed by atoms with Crippen LogP contribution in [0.2, 0.25) is 0 Å². The fraction of sp³-hybridized carbons (Fsp3) is 0.500. The van der Waals surface area contributed by atoms with Crippen LogP contribution in [0.15, 0.2) is 6.20 Å². The summed E-state index contributed by atoms with van der Waals surface area (Å²) in [6.45, 7) is 0.530. The van der Waals surface area contributed by atoms with Crippen LogP contribution in [0.1, 0.15) is 16.8 Å². The molecule has 1 aromatic rings. The average Bonchev–Trinajstić information content (AvgIpc) is 2.80. The summed E-state index contributed by atoms with van der Waals surface area (Å²) < 4.78 is 6.18. The molecular formula is C10H12BrN3O3. The molecule has 17 heavy (non-hydrogen) atoms. The number of aryl methyl sites for hydroxylation is 1. The molecule has 0 bridgehead atoms. The van der Waals surface area contributed by atoms with Gasteiger partial charge < -0.3 is 4.74 Å². The summed E-state index contributed by atoms with van der Waals surface area (Å²) in [6.07, 6.45) is 1.84. The van der Waals surface area contributed by atoms with Crippen molar-refractivity contribution in [2.75, 3.05) is 18.6 Å². The van der Waals surface area contributed by atoms with Gasteiger partial charge in [-0.05, 0) is 0 Å². The fourth-order valence-corrected chi connectivity index (χ4v) is 2.44. The molecule has 6 nitrogen and oxygen atoms in total. The second-order valence-corrected chi connectivity index (χ2v) is 5.10. The summed E-state index contributed by atoms with van der Waals surface area (Å²) in [5.41, 5.74) is 0.310. The van der Waals surface area contributed by atoms with Crippen molar-refractivity contribution in [3.05, 3.63) is 11.8 Å². The lowest BCUT2D eigenvalue weighted by Gasteiger charge is -2.17. The van der Waals surface area contributed by atoms with Crippen LogP contribution >= 0.6 is 15.9 Å². The third-order valence-electron chi connectivity index (χ3n) is 2.65. The zero-order valence-corrected chi connectivity index (χ0v) is 11.1. The molecule has 1 atom stereocenters. The normalized spacial score (nSPS) is 19.8. The van der Waals surface area contributed by atoms with Gasteiger partial charge in [0.1, 0.15) is 11.4 Å². The number of esters is 1. The van der Waals surface area contributed by atoms with E-state index in [-0.39, 0.29) is 10.7 Å². The Kier molecular flexibility index (Phi) is 3.19. The first-order valence-corrected chi connectivity index (χ1v) is 6.01. The Hall–Kier alpha value is -1.37. The van der Waals surface area contributed by atoms with Crippen molar-refractivity contribution in [3.8, 4) is 0 Å². The highest BCUT2D eigenvalue weighted by Crippen LogP contribution is 2.28. The van der Waals surface area contributed by atoms with Gasteiger partial charge in [0.25, 0.3) is 0 Å². The lowest BCUT2D eigenvalue weighted by atomic mass is 10.3. The van der Waals surface area contributed by atoms with Crippen LogP contribution in [0.5, 0.6) is 0 Å². The number of amides is 1. The summed E-state index contributed by atoms with van der Waals surface area (Å²) in [4.78, 5) is 25.0. The second-order valence-electron chi connectivity index (χ2n) is 3.80. The summed E-state index contributed by atoms with van der Waals surface area (Å²) >= 11 is 3.40. The maximum absolute atomic E-state index is 11.8. The summed E-state index contributed by atoms with van der Waals surface area (Å²) in [6, 6.07) is 0. The predicted molar refractivity (Wildman–Crippen MR) is 64.2 cm³/mol. The topological polar surface area (TPSA) is 64.4 Å². The van der Waals surface area contributed by atoms with Gasteiger partial charge in [0.15, 0.2) is 0 Å². The van der Waals surface area contributed by atoms with E-state index in [1.807, 2.05) is 0 Å². The molecule has 2 rings (SSSR count). The summed E-state index contributed by atoms with van der Waals surface area (Å²) in [5.74, 6) is -0.0247. The third kappa shape index (κ3) is 2.06. The Labute approximate surface area is 107 Å². The first-order valence-electron chi connectivity index (χ1n) is 5.09. The van der Waals surface area contributed by atoms with Crippen LogP contribution in [0.4, 0.5) is 5.82 Å². The van der Waals surface area contributed by atoms with Crippen LogP contribution in [-0.4, -0.2) is 40.1 Å². The minimum atomic E-state index is -0.487. The van der Waals surface area contributed by atoms with Crippen LogP contribution in [-0.2, 0) is 16.6 Å². The largest absolute Gasteiger partial charge is 0.465 e. The monoisotopic (exact) mass is 301 g/mol. The van der Waals surface area contributed by atoms with Crippen molar-refractivity contribution in [3.63, 3.8) is 0 Å². The molecule has 0 N–H and O–H groups in total. The van der Waals surface area contributed by atoms with Gasteiger partial charge in [-0.3, -0.25) is 14.4 Å². The molecule has 0 aromatic carbocycles. The first-order chi connectivity index (χ1) is 8.04. The number of hydrogen-bond acceptors (Lipinski definition) is 4. The number of aromatic nitrogens is 2. The van der Waals surface area contributed by atoms with Crippen LogP contribution in [0.25, 0.3) is 0 Å². The number of carbonyl (C=O) groups excluding carboxylic acids is 2. The molecule has 1 fully saturated rings. The van der Waals surface area contributed by atoms with E-state index in [2.05, 4.69) is 25.8 Å². The van der Waals surface area contributed by atoms with Gasteiger partial charge in [0.2, 0.25) is 5.91 Å². The van der Waals surface area contributed by atoms with Crippen molar-refractivity contribution in [1.29, 1.82) is 0 Å². The smallest absolute Gasteiger partial charge is 0.343 e. The molecule has 0 spiro atoms. The van der Waals surface area contributed by atoms with Gasteiger partial charge in [-0.25, -0.2) is 4.79 Å². The van der Waals surface area contributed by atoms with Crippen molar-refractivity contribution >= 4 is 33.6 Å². The van der Waals surface area contributed by atoms with Crippen molar-refractivity contribution in [2.45, 2.75) is 11.2 Å². The number of hydrogen-bond donors (Lipinski definition) is 0. The molecular weight excluding hydrogens is 290 g/mol. The second kappa shape index (κ2) is 4.48. The van der Waals surface area contributed by atoms with E-state index in [9.17, 15) is 9.59 Å². The lowest BCUT2D eigenvalue weighted by molar-refractivity contribution is -0.117. The van der Waals surface area contributed by atoms with Gasteiger partial charge >= 0.3 is 5.97 Å². The Morgan fingerprint density at radius 2 is 2.35 bits per heavy atom. The van der Waals surface area contributed by atoms with Gasteiger partial charge in [-0.15, -0.1) is 0 Å². The van der Waals surface area contributed by atoms with Crippen LogP contribution < -0.4 is 4.90 Å². The molecule has 0 aliphatic carbocycles. The standard InChI is InChI=1S/C10H12BrN3O3/c1-13-9(7(4-12-13)10(16)17-2)14-5-6(11)3-8(14)15/h4,6H,3,5H2,1-2H3. The van der Waals surface area contributed by atoms with E-state index >= 15 is 0 Å². The molecule has 92 valence electrons. The zero-order chi connectivity index (χ0) is 12.6. The predicted octanol–water partition coefficient (Wildman–Crippen LogP) is 0.707. The number of methoxy groups -OCH3 is 1. The molecule has 1 unspecified atom stereocenters. The Balaban J connectivity index is 2.41. The number of anilines is 1. The number of halogens is 1. The van der Waals surface area contributed by atoms with E-state index in [1.165, 1.54) is 18.0 Å². The summed E-state index contributed by atoms with van der Waals surface area (Å²) in [5, 5.41) is 4.00. The van der Waals surface area contributed by atoms with Gasteiger partial charge in [0.05, 0.1) is 13.3 Å². The van der Waals surface area contributed by atoms with E-state index in [4.69, 9.17) is 0 Å². The molecule has 1 aliphatic rings. The number of ether oxygens (including phenoxy) is 1. The number of carbonyl (C=O) groups is 2. The first kappa shape index (κ1) is 12.1. The maximum atomic E-state index is 11.8. The molecule has 1 saturated heterocycles. The van der Waals surface area contributed by atoms with E-state index in [0.717, 1.165) is 0 Å². The highest BCUT2D eigenvalue weighted by molar-refractivity contribution is 9.09. The van der Waals surface area contributed by atoms with Crippen LogP contribution in [0, 0.1) is 0 Å². The SMILES string of the molecule is COC(=O)c1cnn(C)c1N1CC(Br)CC1=O. The highest BCUT2D eigenvalue weighted by Gasteiger charge is 2.33. The van der Waals surface area contributed by atoms with E-state index in [1.54, 1.807) is 11.9 Å². The Bertz CT molecular complexity index is 471. The third-order valence-corrected chi connectivity index (χ3v) is 3.26. The Morgan fingerprint density at radius 1 is 1.65 bits per heavy atom. The van der Waals surface area contributed by atoms with Crippen LogP contribution in [0.3, 0.4) is 0 Å². The van der Waals surface area contributed by atoms with Crippen molar-refractivity contribution in [2.24, 2.45) is 7.05 Å².